The van der Waals surface area contributed by atoms with Crippen molar-refractivity contribution in [2.24, 2.45) is 5.92 Å². The molecule has 0 spiro atoms. The lowest BCUT2D eigenvalue weighted by Crippen LogP contribution is -2.93. The van der Waals surface area contributed by atoms with E-state index in [1.807, 2.05) is 6.92 Å². The Morgan fingerprint density at radius 3 is 2.00 bits per heavy atom. The molecule has 3 N–H and O–H groups in total. The number of likely N-dealkylation sites (N-methyl/N-ethyl adjacent to an activating group) is 1. The molecular formula is C18H31N2O+. The number of hydrogen-bond acceptors (Lipinski definition) is 1. The van der Waals surface area contributed by atoms with Crippen molar-refractivity contribution < 1.29 is 10.1 Å². The van der Waals surface area contributed by atoms with E-state index in [0.717, 1.165) is 0 Å². The van der Waals surface area contributed by atoms with Gasteiger partial charge in [0.1, 0.15) is 6.04 Å². The molecule has 2 atom stereocenters. The van der Waals surface area contributed by atoms with Gasteiger partial charge in [-0.2, -0.15) is 0 Å². The molecule has 0 radical (unpaired) electrons. The molecule has 0 heterocycles. The molecule has 0 unspecified atom stereocenters. The number of carbonyl (C=O) groups excluding carboxylic acids is 1. The summed E-state index contributed by atoms with van der Waals surface area (Å²) < 4.78 is 0. The predicted octanol–water partition coefficient (Wildman–Crippen LogP) is 2.38. The van der Waals surface area contributed by atoms with Crippen LogP contribution in [0, 0.1) is 5.92 Å². The fraction of sp³-hybridized carbons (Fsp3) is 0.611. The SMILES string of the molecule is CNC(=O)[C@@H](C)[NH2+][C@H](c1ccc(C(C)(C)C)cc1)C(C)C. The summed E-state index contributed by atoms with van der Waals surface area (Å²) in [6.07, 6.45) is 0. The van der Waals surface area contributed by atoms with Crippen LogP contribution in [0.1, 0.15) is 58.7 Å². The number of carbonyl (C=O) groups is 1. The van der Waals surface area contributed by atoms with Crippen LogP contribution < -0.4 is 10.6 Å². The summed E-state index contributed by atoms with van der Waals surface area (Å²) in [6.45, 7) is 13.0. The zero-order valence-corrected chi connectivity index (χ0v) is 14.5. The number of benzene rings is 1. The van der Waals surface area contributed by atoms with Crippen LogP contribution in [0.3, 0.4) is 0 Å². The summed E-state index contributed by atoms with van der Waals surface area (Å²) in [5, 5.41) is 4.88. The van der Waals surface area contributed by atoms with Gasteiger partial charge in [-0.3, -0.25) is 4.79 Å². The van der Waals surface area contributed by atoms with Gasteiger partial charge in [0.15, 0.2) is 6.04 Å². The lowest BCUT2D eigenvalue weighted by atomic mass is 9.85. The molecule has 0 aliphatic carbocycles. The largest absolute Gasteiger partial charge is 0.354 e. The maximum Gasteiger partial charge on any atom is 0.277 e. The number of rotatable bonds is 5. The van der Waals surface area contributed by atoms with E-state index >= 15 is 0 Å². The fourth-order valence-electron chi connectivity index (χ4n) is 2.55. The van der Waals surface area contributed by atoms with Crippen LogP contribution in [0.15, 0.2) is 24.3 Å². The first kappa shape index (κ1) is 17.7. The van der Waals surface area contributed by atoms with Gasteiger partial charge in [0.25, 0.3) is 5.91 Å². The number of quaternary nitrogens is 1. The van der Waals surface area contributed by atoms with Gasteiger partial charge < -0.3 is 10.6 Å². The molecule has 1 amide bonds. The third-order valence-electron chi connectivity index (χ3n) is 4.04. The minimum atomic E-state index is -0.0790. The normalized spacial score (nSPS) is 14.9. The van der Waals surface area contributed by atoms with Crippen molar-refractivity contribution in [3.8, 4) is 0 Å². The minimum Gasteiger partial charge on any atom is -0.354 e. The second-order valence-corrected chi connectivity index (χ2v) is 7.24. The lowest BCUT2D eigenvalue weighted by Gasteiger charge is -2.24. The summed E-state index contributed by atoms with van der Waals surface area (Å²) in [5.74, 6) is 0.546. The van der Waals surface area contributed by atoms with Crippen LogP contribution >= 0.6 is 0 Å². The number of nitrogens with one attached hydrogen (secondary N) is 1. The molecule has 3 nitrogen and oxygen atoms in total. The van der Waals surface area contributed by atoms with Crippen LogP contribution in [0.2, 0.25) is 0 Å². The molecular weight excluding hydrogens is 260 g/mol. The van der Waals surface area contributed by atoms with Gasteiger partial charge >= 0.3 is 0 Å². The van der Waals surface area contributed by atoms with Crippen LogP contribution in [0.5, 0.6) is 0 Å². The maximum atomic E-state index is 11.7. The Hall–Kier alpha value is -1.35. The summed E-state index contributed by atoms with van der Waals surface area (Å²) in [4.78, 5) is 11.7. The minimum absolute atomic E-state index is 0.0759. The summed E-state index contributed by atoms with van der Waals surface area (Å²) in [7, 11) is 1.69. The Labute approximate surface area is 129 Å². The standard InChI is InChI=1S/C18H30N2O/c1-12(2)16(20-13(3)17(21)19-7)14-8-10-15(11-9-14)18(4,5)6/h8-13,16,20H,1-7H3,(H,19,21)/p+1/t13-,16+/m1/s1. The molecule has 0 aliphatic heterocycles. The Morgan fingerprint density at radius 2 is 1.62 bits per heavy atom. The van der Waals surface area contributed by atoms with Crippen molar-refractivity contribution in [2.75, 3.05) is 7.05 Å². The van der Waals surface area contributed by atoms with Crippen LogP contribution in [-0.2, 0) is 10.2 Å². The highest BCUT2D eigenvalue weighted by Crippen LogP contribution is 2.25. The highest BCUT2D eigenvalue weighted by molar-refractivity contribution is 5.79. The van der Waals surface area contributed by atoms with Crippen LogP contribution in [0.25, 0.3) is 0 Å². The topological polar surface area (TPSA) is 45.7 Å². The van der Waals surface area contributed by atoms with Crippen molar-refractivity contribution in [3.63, 3.8) is 0 Å². The molecule has 0 aliphatic rings. The van der Waals surface area contributed by atoms with Crippen molar-refractivity contribution in [1.29, 1.82) is 0 Å². The van der Waals surface area contributed by atoms with Gasteiger partial charge in [-0.1, -0.05) is 58.9 Å². The van der Waals surface area contributed by atoms with E-state index < -0.39 is 0 Å². The van der Waals surface area contributed by atoms with Gasteiger partial charge in [0, 0.05) is 18.5 Å². The van der Waals surface area contributed by atoms with Crippen molar-refractivity contribution in [1.82, 2.24) is 5.32 Å². The third kappa shape index (κ3) is 4.85. The number of hydrogen-bond donors (Lipinski definition) is 2. The van der Waals surface area contributed by atoms with Crippen LogP contribution in [-0.4, -0.2) is 19.0 Å². The smallest absolute Gasteiger partial charge is 0.277 e. The Kier molecular flexibility index (Phi) is 5.97. The average Bonchev–Trinajstić information content (AvgIpc) is 2.42. The van der Waals surface area contributed by atoms with E-state index in [0.29, 0.717) is 12.0 Å². The molecule has 0 bridgehead atoms. The zero-order valence-electron chi connectivity index (χ0n) is 14.5. The Balaban J connectivity index is 2.94. The summed E-state index contributed by atoms with van der Waals surface area (Å²) in [6, 6.07) is 9.05. The van der Waals surface area contributed by atoms with Gasteiger partial charge in [-0.05, 0) is 17.9 Å². The highest BCUT2D eigenvalue weighted by Gasteiger charge is 2.25. The van der Waals surface area contributed by atoms with E-state index in [2.05, 4.69) is 69.5 Å². The van der Waals surface area contributed by atoms with E-state index in [9.17, 15) is 4.79 Å². The first-order valence-electron chi connectivity index (χ1n) is 7.83. The van der Waals surface area contributed by atoms with Gasteiger partial charge in [-0.15, -0.1) is 0 Å². The molecule has 0 saturated carbocycles. The molecule has 0 fully saturated rings. The van der Waals surface area contributed by atoms with E-state index in [-0.39, 0.29) is 17.4 Å². The Bertz CT molecular complexity index is 457. The molecule has 21 heavy (non-hydrogen) atoms. The molecule has 1 aromatic carbocycles. The molecule has 118 valence electrons. The second kappa shape index (κ2) is 7.08. The average molecular weight is 291 g/mol. The highest BCUT2D eigenvalue weighted by atomic mass is 16.2. The quantitative estimate of drug-likeness (QED) is 0.859. The molecule has 0 saturated heterocycles. The summed E-state index contributed by atoms with van der Waals surface area (Å²) in [5.41, 5.74) is 2.80. The first-order chi connectivity index (χ1) is 9.66. The second-order valence-electron chi connectivity index (χ2n) is 7.24. The Morgan fingerprint density at radius 1 is 1.10 bits per heavy atom. The van der Waals surface area contributed by atoms with E-state index in [1.165, 1.54) is 11.1 Å². The van der Waals surface area contributed by atoms with Crippen molar-refractivity contribution >= 4 is 5.91 Å². The number of amides is 1. The third-order valence-corrected chi connectivity index (χ3v) is 4.04. The molecule has 1 rings (SSSR count). The van der Waals surface area contributed by atoms with Crippen molar-refractivity contribution in [2.45, 2.75) is 59.0 Å². The van der Waals surface area contributed by atoms with E-state index in [1.54, 1.807) is 7.05 Å². The zero-order chi connectivity index (χ0) is 16.2. The van der Waals surface area contributed by atoms with Gasteiger partial charge in [-0.25, -0.2) is 0 Å². The van der Waals surface area contributed by atoms with Crippen LogP contribution in [0.4, 0.5) is 0 Å². The van der Waals surface area contributed by atoms with Gasteiger partial charge in [0.2, 0.25) is 0 Å². The predicted molar refractivity (Wildman–Crippen MR) is 88.2 cm³/mol. The molecule has 1 aromatic rings. The first-order valence-corrected chi connectivity index (χ1v) is 7.83. The lowest BCUT2D eigenvalue weighted by molar-refractivity contribution is -0.719. The van der Waals surface area contributed by atoms with Crippen molar-refractivity contribution in [3.05, 3.63) is 35.4 Å². The van der Waals surface area contributed by atoms with E-state index in [4.69, 9.17) is 0 Å². The molecule has 0 aromatic heterocycles. The fourth-order valence-corrected chi connectivity index (χ4v) is 2.55. The monoisotopic (exact) mass is 291 g/mol. The molecule has 3 heteroatoms. The number of nitrogens with two attached hydrogens (primary N) is 1. The maximum absolute atomic E-state index is 11.7. The van der Waals surface area contributed by atoms with Gasteiger partial charge in [0.05, 0.1) is 0 Å². The summed E-state index contributed by atoms with van der Waals surface area (Å²) >= 11 is 0.